The molecular formula is C27H34N4O5S. The number of aliphatic carboxylic acids is 2. The predicted octanol–water partition coefficient (Wildman–Crippen LogP) is 2.83. The van der Waals surface area contributed by atoms with Crippen LogP contribution in [0.25, 0.3) is 0 Å². The van der Waals surface area contributed by atoms with Crippen LogP contribution >= 0.6 is 11.8 Å². The number of carboxylic acids is 2. The van der Waals surface area contributed by atoms with E-state index in [1.165, 1.54) is 5.56 Å². The van der Waals surface area contributed by atoms with E-state index in [1.54, 1.807) is 18.0 Å². The standard InChI is InChI=1S/C23H30N4OS.C4H4O4/c1-18(19-6-3-2-4-7-19)9-11-26-12-14-27(15-13-26)23(28)21-17-29-22(25-21)20-8-5-10-24-16-20;5-3(6)1-2-4(7)8/h2-8,10,16,18,21-22,25H,9,11-15,17H2,1H3;1-2H,(H,5,6)(H,7,8). The minimum absolute atomic E-state index is 0.0881. The number of aromatic nitrogens is 1. The van der Waals surface area contributed by atoms with Crippen molar-refractivity contribution in [2.45, 2.75) is 30.7 Å². The maximum Gasteiger partial charge on any atom is 0.328 e. The lowest BCUT2D eigenvalue weighted by Gasteiger charge is -2.36. The third kappa shape index (κ3) is 9.31. The number of carbonyl (C=O) groups is 3. The van der Waals surface area contributed by atoms with Gasteiger partial charge in [0, 0.05) is 56.5 Å². The number of amides is 1. The lowest BCUT2D eigenvalue weighted by Crippen LogP contribution is -2.53. The summed E-state index contributed by atoms with van der Waals surface area (Å²) in [7, 11) is 0. The molecule has 0 saturated carbocycles. The van der Waals surface area contributed by atoms with Crippen LogP contribution in [-0.2, 0) is 14.4 Å². The number of nitrogens with one attached hydrogen (secondary N) is 1. The minimum atomic E-state index is -1.26. The molecule has 4 rings (SSSR count). The number of hydrogen-bond acceptors (Lipinski definition) is 7. The molecular weight excluding hydrogens is 492 g/mol. The van der Waals surface area contributed by atoms with Crippen LogP contribution in [0.15, 0.2) is 67.0 Å². The van der Waals surface area contributed by atoms with E-state index >= 15 is 0 Å². The van der Waals surface area contributed by atoms with E-state index in [2.05, 4.69) is 58.5 Å². The first-order valence-electron chi connectivity index (χ1n) is 12.3. The molecule has 37 heavy (non-hydrogen) atoms. The number of nitrogens with zero attached hydrogens (tertiary/aromatic N) is 3. The lowest BCUT2D eigenvalue weighted by atomic mass is 9.97. The van der Waals surface area contributed by atoms with Crippen LogP contribution in [0.1, 0.15) is 35.8 Å². The van der Waals surface area contributed by atoms with Gasteiger partial charge in [0.1, 0.15) is 0 Å². The summed E-state index contributed by atoms with van der Waals surface area (Å²) in [5, 5.41) is 19.3. The zero-order valence-corrected chi connectivity index (χ0v) is 21.7. The van der Waals surface area contributed by atoms with Gasteiger partial charge in [-0.3, -0.25) is 20.0 Å². The van der Waals surface area contributed by atoms with Crippen LogP contribution in [-0.4, -0.2) is 87.4 Å². The molecule has 0 spiro atoms. The van der Waals surface area contributed by atoms with Crippen molar-refractivity contribution in [1.82, 2.24) is 20.1 Å². The topological polar surface area (TPSA) is 123 Å². The lowest BCUT2D eigenvalue weighted by molar-refractivity contribution is -0.134. The van der Waals surface area contributed by atoms with E-state index in [1.807, 2.05) is 17.2 Å². The molecule has 9 nitrogen and oxygen atoms in total. The van der Waals surface area contributed by atoms with Crippen molar-refractivity contribution >= 4 is 29.6 Å². The molecule has 2 aliphatic rings. The minimum Gasteiger partial charge on any atom is -0.478 e. The van der Waals surface area contributed by atoms with Crippen molar-refractivity contribution in [2.75, 3.05) is 38.5 Å². The van der Waals surface area contributed by atoms with Crippen molar-refractivity contribution in [3.05, 3.63) is 78.1 Å². The van der Waals surface area contributed by atoms with Gasteiger partial charge >= 0.3 is 11.9 Å². The van der Waals surface area contributed by atoms with Crippen LogP contribution in [0.5, 0.6) is 0 Å². The number of carboxylic acid groups (broad SMARTS) is 2. The number of pyridine rings is 1. The fourth-order valence-electron chi connectivity index (χ4n) is 4.22. The van der Waals surface area contributed by atoms with Crippen LogP contribution in [0.4, 0.5) is 0 Å². The molecule has 0 radical (unpaired) electrons. The van der Waals surface area contributed by atoms with E-state index in [9.17, 15) is 14.4 Å². The van der Waals surface area contributed by atoms with Gasteiger partial charge < -0.3 is 15.1 Å². The van der Waals surface area contributed by atoms with E-state index in [-0.39, 0.29) is 17.3 Å². The van der Waals surface area contributed by atoms with Crippen molar-refractivity contribution in [3.8, 4) is 0 Å². The number of benzene rings is 1. The van der Waals surface area contributed by atoms with Crippen LogP contribution in [0.3, 0.4) is 0 Å². The Balaban J connectivity index is 0.000000414. The number of carbonyl (C=O) groups excluding carboxylic acids is 1. The Morgan fingerprint density at radius 3 is 2.32 bits per heavy atom. The number of hydrogen-bond donors (Lipinski definition) is 3. The van der Waals surface area contributed by atoms with Gasteiger partial charge in [0.2, 0.25) is 5.91 Å². The van der Waals surface area contributed by atoms with Crippen LogP contribution in [0.2, 0.25) is 0 Å². The first kappa shape index (κ1) is 28.4. The van der Waals surface area contributed by atoms with Crippen molar-refractivity contribution in [1.29, 1.82) is 0 Å². The van der Waals surface area contributed by atoms with Crippen LogP contribution in [0, 0.1) is 0 Å². The average molecular weight is 527 g/mol. The first-order valence-corrected chi connectivity index (χ1v) is 13.4. The number of thioether (sulfide) groups is 1. The highest BCUT2D eigenvalue weighted by Crippen LogP contribution is 2.32. The molecule has 1 aromatic carbocycles. The molecule has 3 heterocycles. The fraction of sp³-hybridized carbons (Fsp3) is 0.407. The largest absolute Gasteiger partial charge is 0.478 e. The summed E-state index contributed by atoms with van der Waals surface area (Å²) in [4.78, 5) is 40.8. The predicted molar refractivity (Wildman–Crippen MR) is 143 cm³/mol. The third-order valence-corrected chi connectivity index (χ3v) is 7.63. The second kappa shape index (κ2) is 14.5. The highest BCUT2D eigenvalue weighted by Gasteiger charge is 2.34. The molecule has 2 aliphatic heterocycles. The van der Waals surface area contributed by atoms with Gasteiger partial charge in [-0.1, -0.05) is 43.3 Å². The van der Waals surface area contributed by atoms with E-state index < -0.39 is 11.9 Å². The van der Waals surface area contributed by atoms with Gasteiger partial charge in [0.05, 0.1) is 11.4 Å². The molecule has 1 amide bonds. The Kier molecular flexibility index (Phi) is 11.1. The Hall–Kier alpha value is -3.21. The summed E-state index contributed by atoms with van der Waals surface area (Å²) in [6.45, 7) is 7.01. The molecule has 198 valence electrons. The maximum atomic E-state index is 13.0. The molecule has 0 bridgehead atoms. The van der Waals surface area contributed by atoms with Gasteiger partial charge in [-0.15, -0.1) is 11.8 Å². The molecule has 2 fully saturated rings. The van der Waals surface area contributed by atoms with Gasteiger partial charge in [0.25, 0.3) is 0 Å². The molecule has 1 aromatic heterocycles. The molecule has 2 aromatic rings. The number of rotatable bonds is 8. The van der Waals surface area contributed by atoms with Gasteiger partial charge in [-0.05, 0) is 36.1 Å². The van der Waals surface area contributed by atoms with E-state index in [4.69, 9.17) is 10.2 Å². The molecule has 3 unspecified atom stereocenters. The van der Waals surface area contributed by atoms with Crippen molar-refractivity contribution in [2.24, 2.45) is 0 Å². The van der Waals surface area contributed by atoms with Gasteiger partial charge in [-0.25, -0.2) is 9.59 Å². The summed E-state index contributed by atoms with van der Waals surface area (Å²) >= 11 is 1.80. The molecule has 3 atom stereocenters. The average Bonchev–Trinajstić information content (AvgIpc) is 3.42. The second-order valence-electron chi connectivity index (χ2n) is 9.00. The summed E-state index contributed by atoms with van der Waals surface area (Å²) < 4.78 is 0. The third-order valence-electron chi connectivity index (χ3n) is 6.37. The van der Waals surface area contributed by atoms with E-state index in [0.717, 1.165) is 50.5 Å². The second-order valence-corrected chi connectivity index (χ2v) is 10.1. The first-order chi connectivity index (χ1) is 17.8. The van der Waals surface area contributed by atoms with Gasteiger partial charge in [0.15, 0.2) is 0 Å². The summed E-state index contributed by atoms with van der Waals surface area (Å²) in [6.07, 6.45) is 5.94. The molecule has 2 saturated heterocycles. The normalized spacial score (nSPS) is 20.7. The monoisotopic (exact) mass is 526 g/mol. The molecule has 10 heteroatoms. The summed E-state index contributed by atoms with van der Waals surface area (Å²) in [6, 6.07) is 14.7. The van der Waals surface area contributed by atoms with Crippen molar-refractivity contribution in [3.63, 3.8) is 0 Å². The maximum absolute atomic E-state index is 13.0. The summed E-state index contributed by atoms with van der Waals surface area (Å²) in [5.41, 5.74) is 2.56. The number of piperazine rings is 1. The molecule has 3 N–H and O–H groups in total. The zero-order valence-electron chi connectivity index (χ0n) is 20.9. The molecule has 0 aliphatic carbocycles. The Morgan fingerprint density at radius 2 is 1.73 bits per heavy atom. The SMILES string of the molecule is CC(CCN1CCN(C(=O)C2CSC(c3cccnc3)N2)CC1)c1ccccc1.O=C(O)C=CC(=O)O. The highest BCUT2D eigenvalue weighted by molar-refractivity contribution is 7.99. The van der Waals surface area contributed by atoms with E-state index in [0.29, 0.717) is 18.1 Å². The Morgan fingerprint density at radius 1 is 1.05 bits per heavy atom. The zero-order chi connectivity index (χ0) is 26.6. The van der Waals surface area contributed by atoms with Crippen molar-refractivity contribution < 1.29 is 24.6 Å². The van der Waals surface area contributed by atoms with Gasteiger partial charge in [-0.2, -0.15) is 0 Å². The Labute approximate surface area is 221 Å². The fourth-order valence-corrected chi connectivity index (χ4v) is 5.43. The van der Waals surface area contributed by atoms with Crippen LogP contribution < -0.4 is 5.32 Å². The summed E-state index contributed by atoms with van der Waals surface area (Å²) in [5.74, 6) is -0.867. The quantitative estimate of drug-likeness (QED) is 0.446. The smallest absolute Gasteiger partial charge is 0.328 e. The Bertz CT molecular complexity index is 1030. The highest BCUT2D eigenvalue weighted by atomic mass is 32.2.